The molecule has 0 bridgehead atoms. The van der Waals surface area contributed by atoms with Crippen LogP contribution in [0, 0.1) is 11.3 Å². The Balaban J connectivity index is 1.75. The van der Waals surface area contributed by atoms with E-state index in [0.29, 0.717) is 36.4 Å². The molecule has 6 nitrogen and oxygen atoms in total. The van der Waals surface area contributed by atoms with Crippen LogP contribution in [0.15, 0.2) is 42.0 Å². The van der Waals surface area contributed by atoms with Gasteiger partial charge in [-0.2, -0.15) is 26.3 Å². The Kier molecular flexibility index (Phi) is 9.30. The Bertz CT molecular complexity index is 1460. The maximum atomic E-state index is 13.6. The molecule has 2 aliphatic rings. The molecule has 0 spiro atoms. The molecular formula is C33H38F6N2O4. The molecule has 2 aromatic carbocycles. The van der Waals surface area contributed by atoms with Gasteiger partial charge in [0.05, 0.1) is 24.3 Å². The Hall–Kier alpha value is -3.70. The van der Waals surface area contributed by atoms with Crippen LogP contribution in [-0.2, 0) is 21.9 Å². The van der Waals surface area contributed by atoms with E-state index in [1.54, 1.807) is 44.9 Å². The molecule has 2 atom stereocenters. The summed E-state index contributed by atoms with van der Waals surface area (Å²) in [6, 6.07) is 5.81. The number of methoxy groups -OCH3 is 1. The lowest BCUT2D eigenvalue weighted by molar-refractivity contribution is -0.143. The molecule has 0 aromatic heterocycles. The Labute approximate surface area is 259 Å². The monoisotopic (exact) mass is 640 g/mol. The summed E-state index contributed by atoms with van der Waals surface area (Å²) in [5.74, 6) is 0.258. The van der Waals surface area contributed by atoms with Crippen LogP contribution in [0.4, 0.5) is 36.8 Å². The average Bonchev–Trinajstić information content (AvgIpc) is 3.23. The third-order valence-electron chi connectivity index (χ3n) is 8.58. The van der Waals surface area contributed by atoms with Crippen LogP contribution < -0.4 is 9.64 Å². The zero-order chi connectivity index (χ0) is 33.6. The van der Waals surface area contributed by atoms with Crippen molar-refractivity contribution in [3.05, 3.63) is 64.2 Å². The molecule has 2 aromatic rings. The van der Waals surface area contributed by atoms with Gasteiger partial charge in [0.25, 0.3) is 0 Å². The minimum absolute atomic E-state index is 0.0501. The number of nitrogens with zero attached hydrogens (tertiary/aromatic N) is 2. The van der Waals surface area contributed by atoms with Crippen LogP contribution in [0.1, 0.15) is 82.2 Å². The van der Waals surface area contributed by atoms with Gasteiger partial charge in [-0.15, -0.1) is 0 Å². The highest BCUT2D eigenvalue weighted by molar-refractivity contribution is 5.95. The number of hydrogen-bond acceptors (Lipinski definition) is 4. The number of amides is 2. The number of ether oxygens (including phenoxy) is 2. The first kappa shape index (κ1) is 34.2. The lowest BCUT2D eigenvalue weighted by Crippen LogP contribution is -2.35. The van der Waals surface area contributed by atoms with Crippen LogP contribution in [-0.4, -0.2) is 43.6 Å². The van der Waals surface area contributed by atoms with Gasteiger partial charge in [0.15, 0.2) is 0 Å². The minimum atomic E-state index is -5.03. The number of alkyl halides is 6. The molecule has 45 heavy (non-hydrogen) atoms. The second-order valence-electron chi connectivity index (χ2n) is 12.9. The predicted molar refractivity (Wildman–Crippen MR) is 158 cm³/mol. The van der Waals surface area contributed by atoms with Gasteiger partial charge in [-0.25, -0.2) is 4.79 Å². The van der Waals surface area contributed by atoms with Gasteiger partial charge in [0, 0.05) is 30.8 Å². The van der Waals surface area contributed by atoms with Crippen LogP contribution in [0.5, 0.6) is 5.75 Å². The molecule has 0 radical (unpaired) electrons. The molecule has 1 heterocycles. The molecule has 4 rings (SSSR count). The van der Waals surface area contributed by atoms with Crippen LogP contribution in [0.2, 0.25) is 0 Å². The lowest BCUT2D eigenvalue weighted by Gasteiger charge is -2.36. The molecule has 1 aliphatic carbocycles. The number of benzene rings is 2. The third-order valence-corrected chi connectivity index (χ3v) is 8.58. The Morgan fingerprint density at radius 2 is 1.67 bits per heavy atom. The molecule has 1 aliphatic heterocycles. The van der Waals surface area contributed by atoms with Crippen molar-refractivity contribution >= 4 is 23.3 Å². The summed E-state index contributed by atoms with van der Waals surface area (Å²) in [5, 5.41) is 0. The first-order valence-corrected chi connectivity index (χ1v) is 14.7. The predicted octanol–water partition coefficient (Wildman–Crippen LogP) is 8.90. The van der Waals surface area contributed by atoms with Crippen LogP contribution >= 0.6 is 0 Å². The summed E-state index contributed by atoms with van der Waals surface area (Å²) >= 11 is 0. The summed E-state index contributed by atoms with van der Waals surface area (Å²) in [7, 11) is 3.22. The van der Waals surface area contributed by atoms with E-state index in [9.17, 15) is 35.9 Å². The summed E-state index contributed by atoms with van der Waals surface area (Å²) in [6.07, 6.45) is -10.3. The number of rotatable bonds is 7. The summed E-state index contributed by atoms with van der Waals surface area (Å²) in [4.78, 5) is 28.8. The Morgan fingerprint density at radius 3 is 2.20 bits per heavy atom. The second kappa shape index (κ2) is 12.2. The van der Waals surface area contributed by atoms with E-state index < -0.39 is 41.7 Å². The first-order chi connectivity index (χ1) is 20.7. The van der Waals surface area contributed by atoms with E-state index in [1.165, 1.54) is 12.0 Å². The van der Waals surface area contributed by atoms with E-state index in [0.717, 1.165) is 23.1 Å². The standard InChI is InChI=1S/C33H38F6N2O4/c1-18(2)29(42)40(6)24-8-9-27(44-7)26(15-24)25-10-11-31(4,5)16-21(25)17-41-19(3)28(45-30(41)43)20-12-22(32(34,35)36)14-23(13-20)33(37,38)39/h8-9,12-15,18-19,28H,10-11,16-17H2,1-7H3/t19-,28-/m0/s1. The number of halogens is 6. The van der Waals surface area contributed by atoms with Crippen molar-refractivity contribution in [3.63, 3.8) is 0 Å². The van der Waals surface area contributed by atoms with Gasteiger partial charge in [0.2, 0.25) is 5.91 Å². The quantitative estimate of drug-likeness (QED) is 0.284. The zero-order valence-corrected chi connectivity index (χ0v) is 26.3. The van der Waals surface area contributed by atoms with Crippen molar-refractivity contribution in [2.45, 2.75) is 78.4 Å². The summed E-state index contributed by atoms with van der Waals surface area (Å²) < 4.78 is 92.5. The van der Waals surface area contributed by atoms with E-state index in [-0.39, 0.29) is 35.4 Å². The van der Waals surface area contributed by atoms with Crippen molar-refractivity contribution in [2.75, 3.05) is 25.6 Å². The maximum absolute atomic E-state index is 13.6. The summed E-state index contributed by atoms with van der Waals surface area (Å²) in [6.45, 7) is 9.38. The van der Waals surface area contributed by atoms with E-state index in [1.807, 2.05) is 6.07 Å². The number of hydrogen-bond donors (Lipinski definition) is 0. The smallest absolute Gasteiger partial charge is 0.416 e. The molecule has 1 fully saturated rings. The molecule has 1 saturated heterocycles. The van der Waals surface area contributed by atoms with Gasteiger partial charge < -0.3 is 14.4 Å². The highest BCUT2D eigenvalue weighted by Crippen LogP contribution is 2.47. The molecule has 12 heteroatoms. The highest BCUT2D eigenvalue weighted by atomic mass is 19.4. The topological polar surface area (TPSA) is 59.1 Å². The van der Waals surface area contributed by atoms with Crippen molar-refractivity contribution in [1.82, 2.24) is 4.90 Å². The molecule has 0 saturated carbocycles. The van der Waals surface area contributed by atoms with Gasteiger partial charge in [-0.05, 0) is 84.7 Å². The van der Waals surface area contributed by atoms with Gasteiger partial charge >= 0.3 is 18.4 Å². The fraction of sp³-hybridized carbons (Fsp3) is 0.515. The van der Waals surface area contributed by atoms with Gasteiger partial charge in [-0.3, -0.25) is 9.69 Å². The van der Waals surface area contributed by atoms with Crippen LogP contribution in [0.25, 0.3) is 5.57 Å². The highest BCUT2D eigenvalue weighted by Gasteiger charge is 2.44. The fourth-order valence-corrected chi connectivity index (χ4v) is 6.05. The lowest BCUT2D eigenvalue weighted by atomic mass is 9.72. The minimum Gasteiger partial charge on any atom is -0.496 e. The number of cyclic esters (lactones) is 1. The van der Waals surface area contributed by atoms with Crippen molar-refractivity contribution in [3.8, 4) is 5.75 Å². The maximum Gasteiger partial charge on any atom is 0.416 e. The molecule has 0 N–H and O–H groups in total. The van der Waals surface area contributed by atoms with Gasteiger partial charge in [0.1, 0.15) is 11.9 Å². The third kappa shape index (κ3) is 7.25. The second-order valence-corrected chi connectivity index (χ2v) is 12.9. The van der Waals surface area contributed by atoms with E-state index in [2.05, 4.69) is 13.8 Å². The van der Waals surface area contributed by atoms with Crippen molar-refractivity contribution in [1.29, 1.82) is 0 Å². The molecule has 0 unspecified atom stereocenters. The average molecular weight is 641 g/mol. The number of allylic oxidation sites excluding steroid dienone is 1. The molecular weight excluding hydrogens is 602 g/mol. The molecule has 246 valence electrons. The molecule has 2 amide bonds. The van der Waals surface area contributed by atoms with E-state index >= 15 is 0 Å². The zero-order valence-electron chi connectivity index (χ0n) is 26.3. The fourth-order valence-electron chi connectivity index (χ4n) is 6.05. The number of anilines is 1. The largest absolute Gasteiger partial charge is 0.496 e. The van der Waals surface area contributed by atoms with Crippen molar-refractivity contribution < 1.29 is 45.4 Å². The van der Waals surface area contributed by atoms with Crippen molar-refractivity contribution in [2.24, 2.45) is 11.3 Å². The van der Waals surface area contributed by atoms with Gasteiger partial charge in [-0.1, -0.05) is 27.7 Å². The SMILES string of the molecule is COc1ccc(N(C)C(=O)C(C)C)cc1C1=C(CN2C(=O)O[C@H](c3cc(C(F)(F)F)cc(C(F)(F)F)c3)[C@@H]2C)CC(C)(C)CC1. The normalized spacial score (nSPS) is 20.5. The Morgan fingerprint density at radius 1 is 1.07 bits per heavy atom. The first-order valence-electron chi connectivity index (χ1n) is 14.7. The summed E-state index contributed by atoms with van der Waals surface area (Å²) in [5.41, 5.74) is -0.311. The number of carbonyl (C=O) groups is 2. The van der Waals surface area contributed by atoms with Crippen LogP contribution in [0.3, 0.4) is 0 Å². The van der Waals surface area contributed by atoms with E-state index in [4.69, 9.17) is 9.47 Å². The number of carbonyl (C=O) groups excluding carboxylic acids is 2.